The van der Waals surface area contributed by atoms with E-state index in [2.05, 4.69) is 53.0 Å². The fraction of sp³-hybridized carbons (Fsp3) is 0.650. The zero-order valence-electron chi connectivity index (χ0n) is 17.1. The summed E-state index contributed by atoms with van der Waals surface area (Å²) in [5.41, 5.74) is 1.30. The topological polar surface area (TPSA) is 49.3 Å². The molecule has 0 amide bonds. The molecule has 0 saturated carbocycles. The molecule has 1 aliphatic heterocycles. The molecule has 26 heavy (non-hydrogen) atoms. The van der Waals surface area contributed by atoms with Crippen molar-refractivity contribution in [3.05, 3.63) is 24.3 Å². The second-order valence-corrected chi connectivity index (χ2v) is 7.69. The molecule has 1 aromatic carbocycles. The SMILES string of the molecule is CN=C(NCC(OC)C(C)(C)C)N1CCN(c2cccc(OC)c2)CC1. The van der Waals surface area contributed by atoms with Crippen LogP contribution in [0.1, 0.15) is 20.8 Å². The van der Waals surface area contributed by atoms with E-state index in [1.54, 1.807) is 14.2 Å². The summed E-state index contributed by atoms with van der Waals surface area (Å²) in [7, 11) is 5.32. The lowest BCUT2D eigenvalue weighted by Gasteiger charge is -2.38. The van der Waals surface area contributed by atoms with E-state index >= 15 is 0 Å². The number of anilines is 1. The molecule has 1 N–H and O–H groups in total. The van der Waals surface area contributed by atoms with Crippen LogP contribution in [-0.2, 0) is 4.74 Å². The quantitative estimate of drug-likeness (QED) is 0.644. The molecular formula is C20H34N4O2. The van der Waals surface area contributed by atoms with Crippen molar-refractivity contribution in [3.8, 4) is 5.75 Å². The number of piperazine rings is 1. The molecule has 1 aliphatic rings. The molecule has 0 bridgehead atoms. The third-order valence-electron chi connectivity index (χ3n) is 4.91. The molecule has 2 rings (SSSR count). The van der Waals surface area contributed by atoms with Gasteiger partial charge in [-0.05, 0) is 17.5 Å². The van der Waals surface area contributed by atoms with Crippen molar-refractivity contribution in [2.24, 2.45) is 10.4 Å². The maximum atomic E-state index is 5.64. The Balaban J connectivity index is 1.90. The van der Waals surface area contributed by atoms with Gasteiger partial charge in [-0.3, -0.25) is 4.99 Å². The van der Waals surface area contributed by atoms with Gasteiger partial charge in [0.2, 0.25) is 0 Å². The van der Waals surface area contributed by atoms with Crippen molar-refractivity contribution in [2.75, 3.05) is 58.9 Å². The summed E-state index contributed by atoms with van der Waals surface area (Å²) in [6.45, 7) is 11.1. The third kappa shape index (κ3) is 5.27. The smallest absolute Gasteiger partial charge is 0.193 e. The molecule has 6 heteroatoms. The number of guanidine groups is 1. The van der Waals surface area contributed by atoms with Crippen molar-refractivity contribution in [1.29, 1.82) is 0 Å². The van der Waals surface area contributed by atoms with E-state index in [1.165, 1.54) is 5.69 Å². The highest BCUT2D eigenvalue weighted by atomic mass is 16.5. The fourth-order valence-corrected chi connectivity index (χ4v) is 3.24. The largest absolute Gasteiger partial charge is 0.497 e. The summed E-state index contributed by atoms with van der Waals surface area (Å²) in [5.74, 6) is 1.84. The van der Waals surface area contributed by atoms with Gasteiger partial charge in [-0.2, -0.15) is 0 Å². The molecule has 6 nitrogen and oxygen atoms in total. The summed E-state index contributed by atoms with van der Waals surface area (Å²) >= 11 is 0. The van der Waals surface area contributed by atoms with Crippen molar-refractivity contribution >= 4 is 11.6 Å². The van der Waals surface area contributed by atoms with Gasteiger partial charge in [0.05, 0.1) is 13.2 Å². The van der Waals surface area contributed by atoms with Gasteiger partial charge in [0.15, 0.2) is 5.96 Å². The summed E-state index contributed by atoms with van der Waals surface area (Å²) in [6, 6.07) is 8.25. The first-order valence-electron chi connectivity index (χ1n) is 9.26. The van der Waals surface area contributed by atoms with Crippen LogP contribution in [-0.4, -0.2) is 71.0 Å². The van der Waals surface area contributed by atoms with E-state index < -0.39 is 0 Å². The number of hydrogen-bond acceptors (Lipinski definition) is 4. The molecule has 1 heterocycles. The Morgan fingerprint density at radius 1 is 1.19 bits per heavy atom. The number of rotatable bonds is 5. The normalized spacial score (nSPS) is 17.2. The van der Waals surface area contributed by atoms with Crippen molar-refractivity contribution in [3.63, 3.8) is 0 Å². The number of nitrogens with zero attached hydrogens (tertiary/aromatic N) is 3. The Morgan fingerprint density at radius 3 is 2.42 bits per heavy atom. The maximum Gasteiger partial charge on any atom is 0.193 e. The van der Waals surface area contributed by atoms with Crippen LogP contribution < -0.4 is 15.0 Å². The number of hydrogen-bond donors (Lipinski definition) is 1. The standard InChI is InChI=1S/C20H34N4O2/c1-20(2,3)18(26-6)15-22-19(21-4)24-12-10-23(11-13-24)16-8-7-9-17(14-16)25-5/h7-9,14,18H,10-13,15H2,1-6H3,(H,21,22). The van der Waals surface area contributed by atoms with Gasteiger partial charge in [-0.25, -0.2) is 0 Å². The average molecular weight is 363 g/mol. The van der Waals surface area contributed by atoms with E-state index in [-0.39, 0.29) is 11.5 Å². The Hall–Kier alpha value is -1.95. The van der Waals surface area contributed by atoms with Gasteiger partial charge in [0.1, 0.15) is 5.75 Å². The van der Waals surface area contributed by atoms with E-state index in [9.17, 15) is 0 Å². The average Bonchev–Trinajstić information content (AvgIpc) is 2.64. The van der Waals surface area contributed by atoms with E-state index in [0.29, 0.717) is 0 Å². The van der Waals surface area contributed by atoms with Crippen molar-refractivity contribution in [2.45, 2.75) is 26.9 Å². The van der Waals surface area contributed by atoms with Crippen LogP contribution in [0.2, 0.25) is 0 Å². The minimum atomic E-state index is 0.0890. The van der Waals surface area contributed by atoms with E-state index in [1.807, 2.05) is 19.2 Å². The maximum absolute atomic E-state index is 5.64. The molecule has 1 unspecified atom stereocenters. The van der Waals surface area contributed by atoms with Crippen LogP contribution in [0.4, 0.5) is 5.69 Å². The van der Waals surface area contributed by atoms with Crippen LogP contribution in [0.5, 0.6) is 5.75 Å². The second-order valence-electron chi connectivity index (χ2n) is 7.69. The Bertz CT molecular complexity index is 590. The number of benzene rings is 1. The molecule has 1 atom stereocenters. The number of methoxy groups -OCH3 is 2. The van der Waals surface area contributed by atoms with Crippen LogP contribution in [0.15, 0.2) is 29.3 Å². The van der Waals surface area contributed by atoms with Crippen LogP contribution >= 0.6 is 0 Å². The summed E-state index contributed by atoms with van der Waals surface area (Å²) in [4.78, 5) is 9.16. The highest BCUT2D eigenvalue weighted by Crippen LogP contribution is 2.23. The first-order valence-corrected chi connectivity index (χ1v) is 9.26. The Morgan fingerprint density at radius 2 is 1.88 bits per heavy atom. The molecule has 0 aliphatic carbocycles. The van der Waals surface area contributed by atoms with E-state index in [0.717, 1.165) is 44.4 Å². The lowest BCUT2D eigenvalue weighted by atomic mass is 9.89. The van der Waals surface area contributed by atoms with Crippen molar-refractivity contribution in [1.82, 2.24) is 10.2 Å². The lowest BCUT2D eigenvalue weighted by molar-refractivity contribution is 0.0201. The Kier molecular flexibility index (Phi) is 7.14. The molecule has 1 aromatic rings. The van der Waals surface area contributed by atoms with Crippen LogP contribution in [0.3, 0.4) is 0 Å². The molecule has 1 saturated heterocycles. The zero-order chi connectivity index (χ0) is 19.2. The van der Waals surface area contributed by atoms with Gasteiger partial charge in [0.25, 0.3) is 0 Å². The van der Waals surface area contributed by atoms with Crippen molar-refractivity contribution < 1.29 is 9.47 Å². The number of ether oxygens (including phenoxy) is 2. The summed E-state index contributed by atoms with van der Waals surface area (Å²) in [5, 5.41) is 3.48. The molecule has 0 radical (unpaired) electrons. The van der Waals surface area contributed by atoms with Crippen LogP contribution in [0, 0.1) is 5.41 Å². The van der Waals surface area contributed by atoms with Gasteiger partial charge < -0.3 is 24.6 Å². The zero-order valence-corrected chi connectivity index (χ0v) is 17.1. The second kappa shape index (κ2) is 9.12. The van der Waals surface area contributed by atoms with Crippen LogP contribution in [0.25, 0.3) is 0 Å². The predicted octanol–water partition coefficient (Wildman–Crippen LogP) is 2.45. The molecule has 0 aromatic heterocycles. The lowest BCUT2D eigenvalue weighted by Crippen LogP contribution is -2.54. The number of nitrogens with one attached hydrogen (secondary N) is 1. The summed E-state index contributed by atoms with van der Waals surface area (Å²) < 4.78 is 11.0. The van der Waals surface area contributed by atoms with Gasteiger partial charge in [-0.15, -0.1) is 0 Å². The monoisotopic (exact) mass is 362 g/mol. The Labute approximate surface area is 158 Å². The molecule has 1 fully saturated rings. The highest BCUT2D eigenvalue weighted by Gasteiger charge is 2.26. The van der Waals surface area contributed by atoms with Gasteiger partial charge in [0, 0.05) is 58.6 Å². The molecule has 0 spiro atoms. The minimum absolute atomic E-state index is 0.0890. The third-order valence-corrected chi connectivity index (χ3v) is 4.91. The highest BCUT2D eigenvalue weighted by molar-refractivity contribution is 5.80. The fourth-order valence-electron chi connectivity index (χ4n) is 3.24. The van der Waals surface area contributed by atoms with Gasteiger partial charge >= 0.3 is 0 Å². The minimum Gasteiger partial charge on any atom is -0.497 e. The first kappa shape index (κ1) is 20.4. The summed E-state index contributed by atoms with van der Waals surface area (Å²) in [6.07, 6.45) is 0.136. The predicted molar refractivity (Wildman–Crippen MR) is 108 cm³/mol. The van der Waals surface area contributed by atoms with Gasteiger partial charge in [-0.1, -0.05) is 26.8 Å². The number of aliphatic imine (C=N–C) groups is 1. The molecular weight excluding hydrogens is 328 g/mol. The molecule has 146 valence electrons. The first-order chi connectivity index (χ1) is 12.4. The van der Waals surface area contributed by atoms with E-state index in [4.69, 9.17) is 9.47 Å².